The second-order valence-corrected chi connectivity index (χ2v) is 9.86. The second kappa shape index (κ2) is 8.08. The molecule has 8 heteroatoms. The van der Waals surface area contributed by atoms with Crippen molar-refractivity contribution in [2.45, 2.75) is 4.90 Å². The minimum atomic E-state index is -4.54. The first kappa shape index (κ1) is 22.1. The summed E-state index contributed by atoms with van der Waals surface area (Å²) >= 11 is 0. The molecule has 5 aromatic carbocycles. The van der Waals surface area contributed by atoms with Gasteiger partial charge in [-0.05, 0) is 46.2 Å². The van der Waals surface area contributed by atoms with Crippen LogP contribution in [0.3, 0.4) is 0 Å². The van der Waals surface area contributed by atoms with Gasteiger partial charge in [-0.15, -0.1) is 0 Å². The van der Waals surface area contributed by atoms with Crippen molar-refractivity contribution < 1.29 is 22.8 Å². The monoisotopic (exact) mass is 496 g/mol. The average Bonchev–Trinajstić information content (AvgIpc) is 3.31. The highest BCUT2D eigenvalue weighted by molar-refractivity contribution is 7.86. The molecule has 7 nitrogen and oxygen atoms in total. The van der Waals surface area contributed by atoms with E-state index in [0.29, 0.717) is 28.2 Å². The molecule has 0 saturated heterocycles. The van der Waals surface area contributed by atoms with Gasteiger partial charge in [-0.25, -0.2) is 4.98 Å². The Labute approximate surface area is 206 Å². The largest absolute Gasteiger partial charge is 0.507 e. The maximum Gasteiger partial charge on any atom is 0.295 e. The molecule has 0 aliphatic carbocycles. The highest BCUT2D eigenvalue weighted by Gasteiger charge is 2.22. The maximum atomic E-state index is 12.1. The fourth-order valence-corrected chi connectivity index (χ4v) is 5.47. The molecule has 6 aromatic rings. The average molecular weight is 497 g/mol. The van der Waals surface area contributed by atoms with Crippen molar-refractivity contribution in [3.05, 3.63) is 84.9 Å². The number of phenolic OH excluding ortho intramolecular Hbond substituents is 1. The van der Waals surface area contributed by atoms with Crippen molar-refractivity contribution in [1.82, 2.24) is 9.97 Å². The van der Waals surface area contributed by atoms with Gasteiger partial charge in [0.2, 0.25) is 0 Å². The van der Waals surface area contributed by atoms with Crippen molar-refractivity contribution in [3.8, 4) is 34.0 Å². The number of phenols is 1. The molecular formula is C28H20N2O5S. The molecule has 0 saturated carbocycles. The van der Waals surface area contributed by atoms with Gasteiger partial charge in [0.15, 0.2) is 0 Å². The molecular weight excluding hydrogens is 476 g/mol. The SMILES string of the molecule is COc1cc(-c2cccc3ccccc23)ccc1-c1nc2c(cc(S(=O)(=O)O)c3cccc(O)c32)[nH]1. The fraction of sp³-hybridized carbons (Fsp3) is 0.0357. The van der Waals surface area contributed by atoms with E-state index in [2.05, 4.69) is 34.2 Å². The van der Waals surface area contributed by atoms with Gasteiger partial charge in [0, 0.05) is 5.39 Å². The van der Waals surface area contributed by atoms with Crippen LogP contribution in [0.25, 0.3) is 55.1 Å². The number of H-pyrrole nitrogens is 1. The van der Waals surface area contributed by atoms with E-state index in [1.165, 1.54) is 24.3 Å². The third-order valence-electron chi connectivity index (χ3n) is 6.39. The standard InChI is InChI=1S/C28H20N2O5S/c1-35-24-14-17(19-9-4-7-16-6-2-3-8-18(16)19)12-13-20(24)28-29-22-15-25(36(32,33)34)21-10-5-11-23(31)26(21)27(22)30-28/h2-15,31H,1H3,(H,29,30)(H,32,33,34). The number of fused-ring (bicyclic) bond motifs is 4. The first-order chi connectivity index (χ1) is 17.3. The molecule has 0 amide bonds. The molecule has 0 aliphatic heterocycles. The van der Waals surface area contributed by atoms with Gasteiger partial charge in [0.25, 0.3) is 10.1 Å². The van der Waals surface area contributed by atoms with E-state index in [9.17, 15) is 18.1 Å². The fourth-order valence-electron chi connectivity index (χ4n) is 4.76. The third kappa shape index (κ3) is 3.46. The molecule has 6 rings (SSSR count). The van der Waals surface area contributed by atoms with Gasteiger partial charge in [-0.1, -0.05) is 60.7 Å². The van der Waals surface area contributed by atoms with Crippen molar-refractivity contribution in [2.75, 3.05) is 7.11 Å². The summed E-state index contributed by atoms with van der Waals surface area (Å²) in [5, 5.41) is 13.2. The van der Waals surface area contributed by atoms with E-state index < -0.39 is 10.1 Å². The topological polar surface area (TPSA) is 113 Å². The maximum absolute atomic E-state index is 12.1. The van der Waals surface area contributed by atoms with Crippen molar-refractivity contribution in [3.63, 3.8) is 0 Å². The number of rotatable bonds is 4. The Morgan fingerprint density at radius 3 is 2.42 bits per heavy atom. The highest BCUT2D eigenvalue weighted by atomic mass is 32.2. The molecule has 0 radical (unpaired) electrons. The van der Waals surface area contributed by atoms with Crippen LogP contribution in [0.1, 0.15) is 0 Å². The van der Waals surface area contributed by atoms with E-state index in [4.69, 9.17) is 4.74 Å². The van der Waals surface area contributed by atoms with Gasteiger partial charge in [0.05, 0.1) is 23.6 Å². The lowest BCUT2D eigenvalue weighted by Gasteiger charge is -2.11. The molecule has 0 unspecified atom stereocenters. The van der Waals surface area contributed by atoms with Crippen molar-refractivity contribution >= 4 is 42.7 Å². The molecule has 178 valence electrons. The first-order valence-corrected chi connectivity index (χ1v) is 12.6. The summed E-state index contributed by atoms with van der Waals surface area (Å²) in [6, 6.07) is 25.9. The summed E-state index contributed by atoms with van der Waals surface area (Å²) < 4.78 is 39.6. The van der Waals surface area contributed by atoms with Crippen LogP contribution in [0.4, 0.5) is 0 Å². The van der Waals surface area contributed by atoms with E-state index in [1.807, 2.05) is 36.4 Å². The van der Waals surface area contributed by atoms with Crippen LogP contribution in [0.15, 0.2) is 89.8 Å². The van der Waals surface area contributed by atoms with Crippen LogP contribution in [-0.2, 0) is 10.1 Å². The number of aromatic hydroxyl groups is 1. The number of aromatic amines is 1. The number of methoxy groups -OCH3 is 1. The van der Waals surface area contributed by atoms with Crippen LogP contribution in [0.5, 0.6) is 11.5 Å². The molecule has 0 spiro atoms. The Bertz CT molecular complexity index is 1920. The molecule has 36 heavy (non-hydrogen) atoms. The van der Waals surface area contributed by atoms with Crippen molar-refractivity contribution in [1.29, 1.82) is 0 Å². The van der Waals surface area contributed by atoms with Gasteiger partial charge in [-0.2, -0.15) is 8.42 Å². The summed E-state index contributed by atoms with van der Waals surface area (Å²) in [5.41, 5.74) is 3.43. The zero-order valence-corrected chi connectivity index (χ0v) is 19.9. The van der Waals surface area contributed by atoms with Gasteiger partial charge < -0.3 is 14.8 Å². The number of hydrogen-bond acceptors (Lipinski definition) is 5. The summed E-state index contributed by atoms with van der Waals surface area (Å²) in [6.07, 6.45) is 0. The number of nitrogens with one attached hydrogen (secondary N) is 1. The number of benzene rings is 5. The Kier molecular flexibility index (Phi) is 4.96. The zero-order valence-electron chi connectivity index (χ0n) is 19.1. The summed E-state index contributed by atoms with van der Waals surface area (Å²) in [5.74, 6) is 0.866. The number of hydrogen-bond donors (Lipinski definition) is 3. The lowest BCUT2D eigenvalue weighted by Crippen LogP contribution is -1.99. The van der Waals surface area contributed by atoms with Crippen LogP contribution in [0, 0.1) is 0 Å². The van der Waals surface area contributed by atoms with Crippen molar-refractivity contribution in [2.24, 2.45) is 0 Å². The summed E-state index contributed by atoms with van der Waals surface area (Å²) in [7, 11) is -2.97. The molecule has 0 fully saturated rings. The number of ether oxygens (including phenoxy) is 1. The Balaban J connectivity index is 1.56. The minimum Gasteiger partial charge on any atom is -0.507 e. The van der Waals surface area contributed by atoms with Crippen LogP contribution < -0.4 is 4.74 Å². The predicted octanol–water partition coefficient (Wildman–Crippen LogP) is 6.16. The lowest BCUT2D eigenvalue weighted by molar-refractivity contribution is 0.416. The number of nitrogens with zero attached hydrogens (tertiary/aromatic N) is 1. The molecule has 0 aliphatic rings. The van der Waals surface area contributed by atoms with E-state index in [0.717, 1.165) is 21.9 Å². The van der Waals surface area contributed by atoms with Gasteiger partial charge in [-0.3, -0.25) is 4.55 Å². The Morgan fingerprint density at radius 2 is 1.61 bits per heavy atom. The van der Waals surface area contributed by atoms with Crippen LogP contribution >= 0.6 is 0 Å². The van der Waals surface area contributed by atoms with E-state index in [-0.39, 0.29) is 21.4 Å². The highest BCUT2D eigenvalue weighted by Crippen LogP contribution is 2.39. The summed E-state index contributed by atoms with van der Waals surface area (Å²) in [6.45, 7) is 0. The Hall–Kier alpha value is -4.40. The van der Waals surface area contributed by atoms with Crippen LogP contribution in [0.2, 0.25) is 0 Å². The van der Waals surface area contributed by atoms with E-state index >= 15 is 0 Å². The minimum absolute atomic E-state index is 0.140. The number of imidazole rings is 1. The smallest absolute Gasteiger partial charge is 0.295 e. The zero-order chi connectivity index (χ0) is 25.0. The quantitative estimate of drug-likeness (QED) is 0.252. The lowest BCUT2D eigenvalue weighted by atomic mass is 9.97. The second-order valence-electron chi connectivity index (χ2n) is 8.47. The van der Waals surface area contributed by atoms with Gasteiger partial charge >= 0.3 is 0 Å². The summed E-state index contributed by atoms with van der Waals surface area (Å²) in [4.78, 5) is 7.50. The van der Waals surface area contributed by atoms with E-state index in [1.54, 1.807) is 7.11 Å². The molecule has 0 bridgehead atoms. The molecule has 1 aromatic heterocycles. The number of aromatic nitrogens is 2. The van der Waals surface area contributed by atoms with Gasteiger partial charge in [0.1, 0.15) is 27.7 Å². The molecule has 1 heterocycles. The molecule has 0 atom stereocenters. The third-order valence-corrected chi connectivity index (χ3v) is 7.28. The molecule has 3 N–H and O–H groups in total. The Morgan fingerprint density at radius 1 is 0.861 bits per heavy atom. The van der Waals surface area contributed by atoms with Crippen LogP contribution in [-0.4, -0.2) is 35.2 Å². The normalized spacial score (nSPS) is 11.9. The predicted molar refractivity (Wildman–Crippen MR) is 140 cm³/mol. The first-order valence-electron chi connectivity index (χ1n) is 11.1.